The molecule has 2 nitrogen and oxygen atoms in total. The van der Waals surface area contributed by atoms with Gasteiger partial charge in [0.25, 0.3) is 0 Å². The minimum atomic E-state index is 0.417. The molecule has 1 N–H and O–H groups in total. The van der Waals surface area contributed by atoms with Gasteiger partial charge in [0.15, 0.2) is 5.17 Å². The van der Waals surface area contributed by atoms with Gasteiger partial charge in [-0.2, -0.15) is 0 Å². The molecule has 0 aromatic rings. The van der Waals surface area contributed by atoms with E-state index in [2.05, 4.69) is 19.2 Å². The smallest absolute Gasteiger partial charge is 0.157 e. The Morgan fingerprint density at radius 1 is 1.25 bits per heavy atom. The lowest BCUT2D eigenvalue weighted by Crippen LogP contribution is -2.45. The molecule has 16 heavy (non-hydrogen) atoms. The summed E-state index contributed by atoms with van der Waals surface area (Å²) in [5.74, 6) is 1.25. The molecule has 2 aliphatic carbocycles. The van der Waals surface area contributed by atoms with Gasteiger partial charge < -0.3 is 5.32 Å². The molecule has 3 fully saturated rings. The van der Waals surface area contributed by atoms with E-state index in [1.807, 2.05) is 11.8 Å². The molecular formula is C13H22N2S. The summed E-state index contributed by atoms with van der Waals surface area (Å²) in [5.41, 5.74) is 0.887. The van der Waals surface area contributed by atoms with Crippen LogP contribution in [0.15, 0.2) is 4.99 Å². The number of thioether (sulfide) groups is 1. The van der Waals surface area contributed by atoms with Gasteiger partial charge in [-0.15, -0.1) is 0 Å². The van der Waals surface area contributed by atoms with Crippen LogP contribution < -0.4 is 5.32 Å². The van der Waals surface area contributed by atoms with E-state index in [4.69, 9.17) is 4.99 Å². The molecule has 1 atom stereocenters. The minimum Gasteiger partial charge on any atom is -0.359 e. The molecule has 1 saturated heterocycles. The van der Waals surface area contributed by atoms with Gasteiger partial charge >= 0.3 is 0 Å². The predicted octanol–water partition coefficient (Wildman–Crippen LogP) is 3.18. The topological polar surface area (TPSA) is 24.4 Å². The fourth-order valence-corrected chi connectivity index (χ4v) is 4.14. The highest BCUT2D eigenvalue weighted by atomic mass is 32.2. The third-order valence-electron chi connectivity index (χ3n) is 4.40. The average molecular weight is 238 g/mol. The second kappa shape index (κ2) is 3.66. The van der Waals surface area contributed by atoms with Gasteiger partial charge in [0, 0.05) is 11.3 Å². The van der Waals surface area contributed by atoms with Crippen LogP contribution in [0, 0.1) is 5.41 Å². The van der Waals surface area contributed by atoms with Crippen molar-refractivity contribution in [2.24, 2.45) is 10.4 Å². The van der Waals surface area contributed by atoms with Crippen molar-refractivity contribution in [3.8, 4) is 0 Å². The van der Waals surface area contributed by atoms with Crippen molar-refractivity contribution in [3.05, 3.63) is 0 Å². The molecule has 0 aromatic heterocycles. The molecule has 1 aliphatic heterocycles. The molecular weight excluding hydrogens is 216 g/mol. The van der Waals surface area contributed by atoms with Gasteiger partial charge in [0.2, 0.25) is 0 Å². The maximum absolute atomic E-state index is 4.86. The normalized spacial score (nSPS) is 37.6. The summed E-state index contributed by atoms with van der Waals surface area (Å²) in [4.78, 5) is 4.86. The maximum atomic E-state index is 4.86. The molecule has 0 aromatic carbocycles. The summed E-state index contributed by atoms with van der Waals surface area (Å²) in [7, 11) is 0. The molecule has 3 aliphatic rings. The van der Waals surface area contributed by atoms with Crippen LogP contribution in [0.2, 0.25) is 0 Å². The van der Waals surface area contributed by atoms with Crippen LogP contribution in [0.25, 0.3) is 0 Å². The third kappa shape index (κ3) is 1.99. The van der Waals surface area contributed by atoms with E-state index in [-0.39, 0.29) is 0 Å². The first-order valence-corrected chi connectivity index (χ1v) is 7.57. The zero-order valence-corrected chi connectivity index (χ0v) is 11.2. The van der Waals surface area contributed by atoms with Crippen molar-refractivity contribution < 1.29 is 0 Å². The van der Waals surface area contributed by atoms with Gasteiger partial charge in [0.1, 0.15) is 0 Å². The lowest BCUT2D eigenvalue weighted by Gasteiger charge is -2.32. The van der Waals surface area contributed by atoms with Gasteiger partial charge in [-0.3, -0.25) is 4.99 Å². The van der Waals surface area contributed by atoms with E-state index in [9.17, 15) is 0 Å². The Morgan fingerprint density at radius 2 is 1.94 bits per heavy atom. The minimum absolute atomic E-state index is 0.417. The van der Waals surface area contributed by atoms with Gasteiger partial charge in [-0.25, -0.2) is 0 Å². The highest BCUT2D eigenvalue weighted by Crippen LogP contribution is 2.48. The molecule has 3 rings (SSSR count). The average Bonchev–Trinajstić information content (AvgIpc) is 2.67. The van der Waals surface area contributed by atoms with Crippen LogP contribution in [-0.2, 0) is 0 Å². The van der Waals surface area contributed by atoms with Crippen LogP contribution in [-0.4, -0.2) is 22.5 Å². The highest BCUT2D eigenvalue weighted by Gasteiger charge is 2.47. The zero-order valence-electron chi connectivity index (χ0n) is 10.4. The van der Waals surface area contributed by atoms with E-state index < -0.39 is 0 Å². The number of aliphatic imine (C=N–C) groups is 1. The molecule has 2 saturated carbocycles. The Labute approximate surface area is 103 Å². The summed E-state index contributed by atoms with van der Waals surface area (Å²) >= 11 is 1.96. The fraction of sp³-hybridized carbons (Fsp3) is 0.923. The SMILES string of the molecule is CC1(C)CC1N=C1NC2(CCCCC2)CS1. The van der Waals surface area contributed by atoms with E-state index in [0.717, 1.165) is 0 Å². The fourth-order valence-electron chi connectivity index (χ4n) is 2.87. The van der Waals surface area contributed by atoms with Gasteiger partial charge in [0.05, 0.1) is 6.04 Å². The number of rotatable bonds is 1. The largest absolute Gasteiger partial charge is 0.359 e. The van der Waals surface area contributed by atoms with Crippen molar-refractivity contribution >= 4 is 16.9 Å². The zero-order chi connectivity index (χ0) is 11.2. The first-order valence-electron chi connectivity index (χ1n) is 6.59. The van der Waals surface area contributed by atoms with Crippen molar-refractivity contribution in [2.75, 3.05) is 5.75 Å². The number of nitrogens with zero attached hydrogens (tertiary/aromatic N) is 1. The van der Waals surface area contributed by atoms with E-state index in [1.54, 1.807) is 0 Å². The molecule has 90 valence electrons. The van der Waals surface area contributed by atoms with Crippen molar-refractivity contribution in [3.63, 3.8) is 0 Å². The number of hydrogen-bond donors (Lipinski definition) is 1. The number of amidine groups is 1. The van der Waals surface area contributed by atoms with E-state index in [0.29, 0.717) is 17.0 Å². The molecule has 3 heteroatoms. The standard InChI is InChI=1S/C13H22N2S/c1-12(2)8-10(12)14-11-15-13(9-16-11)6-4-3-5-7-13/h10H,3-9H2,1-2H3,(H,14,15). The lowest BCUT2D eigenvalue weighted by molar-refractivity contribution is 0.303. The number of nitrogens with one attached hydrogen (secondary N) is 1. The second-order valence-electron chi connectivity index (χ2n) is 6.40. The van der Waals surface area contributed by atoms with Crippen molar-refractivity contribution in [1.29, 1.82) is 0 Å². The molecule has 0 bridgehead atoms. The van der Waals surface area contributed by atoms with Crippen LogP contribution in [0.1, 0.15) is 52.4 Å². The summed E-state index contributed by atoms with van der Waals surface area (Å²) in [6.07, 6.45) is 8.20. The van der Waals surface area contributed by atoms with Crippen LogP contribution in [0.5, 0.6) is 0 Å². The summed E-state index contributed by atoms with van der Waals surface area (Å²) < 4.78 is 0. The predicted molar refractivity (Wildman–Crippen MR) is 71.0 cm³/mol. The quantitative estimate of drug-likeness (QED) is 0.759. The Hall–Kier alpha value is -0.180. The molecule has 1 unspecified atom stereocenters. The summed E-state index contributed by atoms with van der Waals surface area (Å²) in [5, 5.41) is 4.96. The first kappa shape index (κ1) is 10.9. The van der Waals surface area contributed by atoms with Crippen LogP contribution >= 0.6 is 11.8 Å². The van der Waals surface area contributed by atoms with Crippen molar-refractivity contribution in [2.45, 2.75) is 64.0 Å². The monoisotopic (exact) mass is 238 g/mol. The Kier molecular flexibility index (Phi) is 2.50. The Morgan fingerprint density at radius 3 is 2.56 bits per heavy atom. The van der Waals surface area contributed by atoms with E-state index >= 15 is 0 Å². The molecule has 1 spiro atoms. The molecule has 1 heterocycles. The van der Waals surface area contributed by atoms with Crippen molar-refractivity contribution in [1.82, 2.24) is 5.32 Å². The first-order chi connectivity index (χ1) is 7.60. The Bertz CT molecular complexity index is 316. The van der Waals surface area contributed by atoms with Gasteiger partial charge in [-0.1, -0.05) is 44.9 Å². The lowest BCUT2D eigenvalue weighted by atomic mass is 9.83. The van der Waals surface area contributed by atoms with Crippen LogP contribution in [0.4, 0.5) is 0 Å². The van der Waals surface area contributed by atoms with Crippen LogP contribution in [0.3, 0.4) is 0 Å². The summed E-state index contributed by atoms with van der Waals surface area (Å²) in [6.45, 7) is 4.63. The number of hydrogen-bond acceptors (Lipinski definition) is 2. The second-order valence-corrected chi connectivity index (χ2v) is 7.36. The molecule has 0 amide bonds. The summed E-state index contributed by atoms with van der Waals surface area (Å²) in [6, 6.07) is 0.584. The molecule has 0 radical (unpaired) electrons. The Balaban J connectivity index is 1.64. The highest BCUT2D eigenvalue weighted by molar-refractivity contribution is 8.14. The third-order valence-corrected chi connectivity index (χ3v) is 5.58. The van der Waals surface area contributed by atoms with Gasteiger partial charge in [-0.05, 0) is 24.7 Å². The maximum Gasteiger partial charge on any atom is 0.157 e. The van der Waals surface area contributed by atoms with E-state index in [1.165, 1.54) is 49.4 Å².